The lowest BCUT2D eigenvalue weighted by atomic mass is 10.0. The highest BCUT2D eigenvalue weighted by Gasteiger charge is 2.25. The maximum atomic E-state index is 11.7. The summed E-state index contributed by atoms with van der Waals surface area (Å²) in [7, 11) is 1.40. The Morgan fingerprint density at radius 2 is 2.04 bits per heavy atom. The van der Waals surface area contributed by atoms with Crippen LogP contribution in [0.5, 0.6) is 0 Å². The number of hydrogen-bond acceptors (Lipinski definition) is 4. The number of fused-ring (bicyclic) bond motifs is 1. The molecular formula is C21H20N2O2. The first-order valence-electron chi connectivity index (χ1n) is 8.55. The molecule has 0 N–H and O–H groups in total. The lowest BCUT2D eigenvalue weighted by molar-refractivity contribution is 0.0601. The van der Waals surface area contributed by atoms with E-state index in [1.165, 1.54) is 23.9 Å². The van der Waals surface area contributed by atoms with Crippen LogP contribution in [0.15, 0.2) is 59.2 Å². The first-order chi connectivity index (χ1) is 12.3. The lowest BCUT2D eigenvalue weighted by Gasteiger charge is -2.22. The van der Waals surface area contributed by atoms with E-state index in [0.29, 0.717) is 5.56 Å². The number of hydrogen-bond donors (Lipinski definition) is 0. The van der Waals surface area contributed by atoms with Crippen LogP contribution < -0.4 is 0 Å². The normalized spacial score (nSPS) is 18.5. The van der Waals surface area contributed by atoms with E-state index in [9.17, 15) is 4.79 Å². The van der Waals surface area contributed by atoms with Crippen LogP contribution in [0, 0.1) is 0 Å². The molecule has 2 heterocycles. The largest absolute Gasteiger partial charge is 0.465 e. The molecule has 1 fully saturated rings. The van der Waals surface area contributed by atoms with E-state index in [4.69, 9.17) is 4.74 Å². The van der Waals surface area contributed by atoms with Crippen molar-refractivity contribution in [1.82, 2.24) is 4.90 Å². The summed E-state index contributed by atoms with van der Waals surface area (Å²) in [6, 6.07) is 16.2. The highest BCUT2D eigenvalue weighted by molar-refractivity contribution is 6.17. The van der Waals surface area contributed by atoms with Crippen molar-refractivity contribution < 1.29 is 9.53 Å². The van der Waals surface area contributed by atoms with E-state index in [1.54, 1.807) is 0 Å². The molecule has 0 aliphatic carbocycles. The highest BCUT2D eigenvalue weighted by atomic mass is 16.5. The van der Waals surface area contributed by atoms with Crippen LogP contribution in [0.2, 0.25) is 0 Å². The highest BCUT2D eigenvalue weighted by Crippen LogP contribution is 2.38. The van der Waals surface area contributed by atoms with Crippen LogP contribution in [0.25, 0.3) is 5.57 Å². The molecule has 126 valence electrons. The zero-order valence-electron chi connectivity index (χ0n) is 14.2. The van der Waals surface area contributed by atoms with E-state index in [2.05, 4.69) is 34.2 Å². The first kappa shape index (κ1) is 15.6. The molecule has 1 saturated heterocycles. The van der Waals surface area contributed by atoms with Crippen LogP contribution in [0.1, 0.15) is 34.3 Å². The second-order valence-corrected chi connectivity index (χ2v) is 6.35. The summed E-state index contributed by atoms with van der Waals surface area (Å²) in [5.41, 5.74) is 6.33. The molecule has 2 aromatic rings. The number of esters is 1. The van der Waals surface area contributed by atoms with Crippen molar-refractivity contribution in [1.29, 1.82) is 0 Å². The van der Waals surface area contributed by atoms with Crippen LogP contribution >= 0.6 is 0 Å². The smallest absolute Gasteiger partial charge is 0.337 e. The molecule has 0 radical (unpaired) electrons. The van der Waals surface area contributed by atoms with E-state index >= 15 is 0 Å². The minimum absolute atomic E-state index is 0.328. The van der Waals surface area contributed by atoms with E-state index < -0.39 is 0 Å². The molecule has 4 nitrogen and oxygen atoms in total. The lowest BCUT2D eigenvalue weighted by Crippen LogP contribution is -2.18. The quantitative estimate of drug-likeness (QED) is 0.791. The number of carbonyl (C=O) groups is 1. The van der Waals surface area contributed by atoms with Crippen LogP contribution in [0.4, 0.5) is 5.69 Å². The molecule has 4 heteroatoms. The summed E-state index contributed by atoms with van der Waals surface area (Å²) in [6.45, 7) is 1.99. The first-order valence-corrected chi connectivity index (χ1v) is 8.55. The van der Waals surface area contributed by atoms with Gasteiger partial charge in [0.1, 0.15) is 0 Å². The van der Waals surface area contributed by atoms with E-state index in [-0.39, 0.29) is 5.97 Å². The Bertz CT molecular complexity index is 869. The molecular weight excluding hydrogens is 312 g/mol. The molecule has 2 aliphatic rings. The Balaban J connectivity index is 1.66. The summed E-state index contributed by atoms with van der Waals surface area (Å²) < 4.78 is 4.80. The molecule has 0 atom stereocenters. The third-order valence-corrected chi connectivity index (χ3v) is 4.79. The van der Waals surface area contributed by atoms with Gasteiger partial charge >= 0.3 is 5.97 Å². The van der Waals surface area contributed by atoms with Gasteiger partial charge in [-0.25, -0.2) is 4.79 Å². The molecule has 0 saturated carbocycles. The van der Waals surface area contributed by atoms with Crippen LogP contribution in [0.3, 0.4) is 0 Å². The minimum Gasteiger partial charge on any atom is -0.465 e. The molecule has 4 rings (SSSR count). The van der Waals surface area contributed by atoms with Crippen LogP contribution in [-0.2, 0) is 11.3 Å². The van der Waals surface area contributed by atoms with Crippen molar-refractivity contribution in [3.05, 3.63) is 70.9 Å². The summed E-state index contributed by atoms with van der Waals surface area (Å²) >= 11 is 0. The topological polar surface area (TPSA) is 41.9 Å². The van der Waals surface area contributed by atoms with Gasteiger partial charge in [0.25, 0.3) is 0 Å². The van der Waals surface area contributed by atoms with Crippen molar-refractivity contribution in [2.45, 2.75) is 19.4 Å². The predicted molar refractivity (Wildman–Crippen MR) is 98.9 cm³/mol. The molecule has 0 bridgehead atoms. The average Bonchev–Trinajstić information content (AvgIpc) is 3.27. The zero-order chi connectivity index (χ0) is 17.2. The Kier molecular flexibility index (Phi) is 4.10. The molecule has 0 amide bonds. The minimum atomic E-state index is -0.328. The zero-order valence-corrected chi connectivity index (χ0v) is 14.2. The molecule has 2 aliphatic heterocycles. The Hall–Kier alpha value is -2.88. The SMILES string of the molecule is COC(=O)c1ccc2c(c1)N=C/C2=C1/CCCN1Cc1ccccc1. The Morgan fingerprint density at radius 3 is 2.84 bits per heavy atom. The maximum absolute atomic E-state index is 11.7. The fourth-order valence-electron chi connectivity index (χ4n) is 3.56. The number of carbonyl (C=O) groups excluding carboxylic acids is 1. The number of benzene rings is 2. The second kappa shape index (κ2) is 6.55. The fraction of sp³-hybridized carbons (Fsp3) is 0.238. The van der Waals surface area contributed by atoms with Crippen molar-refractivity contribution in [2.24, 2.45) is 4.99 Å². The summed E-state index contributed by atoms with van der Waals surface area (Å²) in [5, 5.41) is 0. The van der Waals surface area contributed by atoms with E-state index in [1.807, 2.05) is 30.5 Å². The van der Waals surface area contributed by atoms with Gasteiger partial charge in [0.2, 0.25) is 0 Å². The number of rotatable bonds is 3. The number of likely N-dealkylation sites (tertiary alicyclic amines) is 1. The van der Waals surface area contributed by atoms with Gasteiger partial charge < -0.3 is 9.64 Å². The van der Waals surface area contributed by atoms with Gasteiger partial charge in [-0.3, -0.25) is 4.99 Å². The second-order valence-electron chi connectivity index (χ2n) is 6.35. The van der Waals surface area contributed by atoms with E-state index in [0.717, 1.165) is 37.2 Å². The van der Waals surface area contributed by atoms with Crippen molar-refractivity contribution in [3.63, 3.8) is 0 Å². The Labute approximate surface area is 147 Å². The van der Waals surface area contributed by atoms with Gasteiger partial charge in [0, 0.05) is 36.1 Å². The number of aliphatic imine (C=N–C) groups is 1. The van der Waals surface area contributed by atoms with Gasteiger partial charge in [0.05, 0.1) is 18.4 Å². The maximum Gasteiger partial charge on any atom is 0.337 e. The summed E-state index contributed by atoms with van der Waals surface area (Å²) in [4.78, 5) is 18.7. The molecule has 2 aromatic carbocycles. The average molecular weight is 332 g/mol. The molecule has 0 aromatic heterocycles. The van der Waals surface area contributed by atoms with Gasteiger partial charge in [-0.15, -0.1) is 0 Å². The number of allylic oxidation sites excluding steroid dienone is 2. The molecule has 0 spiro atoms. The van der Waals surface area contributed by atoms with Crippen molar-refractivity contribution in [3.8, 4) is 0 Å². The van der Waals surface area contributed by atoms with Gasteiger partial charge in [-0.1, -0.05) is 36.4 Å². The summed E-state index contributed by atoms with van der Waals surface area (Å²) in [6.07, 6.45) is 4.16. The van der Waals surface area contributed by atoms with Crippen molar-refractivity contribution >= 4 is 23.4 Å². The van der Waals surface area contributed by atoms with Crippen molar-refractivity contribution in [2.75, 3.05) is 13.7 Å². The molecule has 25 heavy (non-hydrogen) atoms. The number of nitrogens with zero attached hydrogens (tertiary/aromatic N) is 2. The van der Waals surface area contributed by atoms with Gasteiger partial charge in [0.15, 0.2) is 0 Å². The number of methoxy groups -OCH3 is 1. The predicted octanol–water partition coefficient (Wildman–Crippen LogP) is 4.20. The van der Waals surface area contributed by atoms with Gasteiger partial charge in [-0.2, -0.15) is 0 Å². The number of ether oxygens (including phenoxy) is 1. The third kappa shape index (κ3) is 2.95. The third-order valence-electron chi connectivity index (χ3n) is 4.79. The molecule has 0 unspecified atom stereocenters. The standard InChI is InChI=1S/C21H20N2O2/c1-25-21(24)16-9-10-17-18(13-22-19(17)12-16)20-8-5-11-23(20)14-15-6-3-2-4-7-15/h2-4,6-7,9-10,12-13H,5,8,11,14H2,1H3/b20-18+. The Morgan fingerprint density at radius 1 is 1.20 bits per heavy atom. The van der Waals surface area contributed by atoms with Crippen LogP contribution in [-0.4, -0.2) is 30.7 Å². The fourth-order valence-corrected chi connectivity index (χ4v) is 3.56. The van der Waals surface area contributed by atoms with Gasteiger partial charge in [-0.05, 0) is 30.5 Å². The monoisotopic (exact) mass is 332 g/mol. The summed E-state index contributed by atoms with van der Waals surface area (Å²) in [5.74, 6) is -0.328.